The number of carbonyl (C=O) groups is 1. The first kappa shape index (κ1) is 31.7. The van der Waals surface area contributed by atoms with Gasteiger partial charge in [-0.05, 0) is 86.1 Å². The van der Waals surface area contributed by atoms with Crippen LogP contribution < -0.4 is 4.90 Å². The molecule has 0 amide bonds. The number of esters is 1. The molecule has 0 spiro atoms. The highest BCUT2D eigenvalue weighted by Gasteiger charge is 2.43. The largest absolute Gasteiger partial charge is 0.462 e. The summed E-state index contributed by atoms with van der Waals surface area (Å²) >= 11 is 0. The first-order valence-corrected chi connectivity index (χ1v) is 15.7. The number of allylic oxidation sites excluding steroid dienone is 1. The molecule has 1 saturated heterocycles. The summed E-state index contributed by atoms with van der Waals surface area (Å²) in [6.07, 6.45) is 8.78. The van der Waals surface area contributed by atoms with Crippen LogP contribution in [0.4, 0.5) is 5.69 Å². The Bertz CT molecular complexity index is 977. The van der Waals surface area contributed by atoms with Crippen molar-refractivity contribution in [1.82, 2.24) is 0 Å². The van der Waals surface area contributed by atoms with Gasteiger partial charge in [-0.25, -0.2) is 0 Å². The molecule has 1 heterocycles. The first-order valence-electron chi connectivity index (χ1n) is 15.7. The molecule has 3 atom stereocenters. The van der Waals surface area contributed by atoms with E-state index in [1.54, 1.807) is 0 Å². The van der Waals surface area contributed by atoms with Crippen LogP contribution in [0, 0.1) is 5.41 Å². The molecular weight excluding hydrogens is 486 g/mol. The summed E-state index contributed by atoms with van der Waals surface area (Å²) in [5.41, 5.74) is 6.71. The Morgan fingerprint density at radius 1 is 1.03 bits per heavy atom. The lowest BCUT2D eigenvalue weighted by atomic mass is 9.64. The van der Waals surface area contributed by atoms with Crippen molar-refractivity contribution in [3.05, 3.63) is 34.9 Å². The zero-order chi connectivity index (χ0) is 28.6. The fourth-order valence-corrected chi connectivity index (χ4v) is 7.00. The summed E-state index contributed by atoms with van der Waals surface area (Å²) in [4.78, 5) is 14.6. The molecule has 0 saturated carbocycles. The molecule has 39 heavy (non-hydrogen) atoms. The number of benzene rings is 1. The highest BCUT2D eigenvalue weighted by Crippen LogP contribution is 2.51. The molecule has 3 rings (SSSR count). The molecule has 3 unspecified atom stereocenters. The van der Waals surface area contributed by atoms with Crippen LogP contribution in [-0.4, -0.2) is 48.6 Å². The van der Waals surface area contributed by atoms with Crippen molar-refractivity contribution < 1.29 is 19.4 Å². The lowest BCUT2D eigenvalue weighted by Crippen LogP contribution is -2.41. The van der Waals surface area contributed by atoms with E-state index in [1.165, 1.54) is 28.0 Å². The second kappa shape index (κ2) is 14.2. The smallest absolute Gasteiger partial charge is 0.308 e. The maximum Gasteiger partial charge on any atom is 0.308 e. The Kier molecular flexibility index (Phi) is 11.5. The highest BCUT2D eigenvalue weighted by molar-refractivity contribution is 5.74. The number of rotatable bonds is 14. The second-order valence-corrected chi connectivity index (χ2v) is 12.8. The van der Waals surface area contributed by atoms with Crippen molar-refractivity contribution in [2.75, 3.05) is 24.6 Å². The predicted molar refractivity (Wildman–Crippen MR) is 162 cm³/mol. The monoisotopic (exact) mass is 541 g/mol. The third-order valence-corrected chi connectivity index (χ3v) is 8.43. The quantitative estimate of drug-likeness (QED) is 0.243. The zero-order valence-corrected chi connectivity index (χ0v) is 25.9. The summed E-state index contributed by atoms with van der Waals surface area (Å²) in [6.45, 7) is 18.9. The van der Waals surface area contributed by atoms with Gasteiger partial charge in [0.05, 0.1) is 18.1 Å². The molecule has 1 aromatic rings. The number of carbonyl (C=O) groups excluding carboxylic acids is 1. The van der Waals surface area contributed by atoms with Crippen LogP contribution in [0.25, 0.3) is 5.57 Å². The van der Waals surface area contributed by atoms with Crippen LogP contribution in [-0.2, 0) is 20.7 Å². The number of anilines is 1. The van der Waals surface area contributed by atoms with Crippen LogP contribution in [0.5, 0.6) is 0 Å². The van der Waals surface area contributed by atoms with Gasteiger partial charge < -0.3 is 19.5 Å². The van der Waals surface area contributed by atoms with Crippen molar-refractivity contribution in [2.24, 2.45) is 5.41 Å². The van der Waals surface area contributed by atoms with E-state index < -0.39 is 6.10 Å². The fraction of sp³-hybridized carbons (Fsp3) is 0.735. The zero-order valence-electron chi connectivity index (χ0n) is 25.9. The fourth-order valence-electron chi connectivity index (χ4n) is 7.00. The van der Waals surface area contributed by atoms with E-state index in [9.17, 15) is 9.90 Å². The van der Waals surface area contributed by atoms with E-state index in [1.807, 2.05) is 0 Å². The van der Waals surface area contributed by atoms with Gasteiger partial charge in [-0.1, -0.05) is 59.6 Å². The van der Waals surface area contributed by atoms with Gasteiger partial charge in [0.25, 0.3) is 0 Å². The van der Waals surface area contributed by atoms with E-state index >= 15 is 0 Å². The van der Waals surface area contributed by atoms with Gasteiger partial charge in [-0.15, -0.1) is 0 Å². The Morgan fingerprint density at radius 3 is 2.36 bits per heavy atom. The molecule has 0 radical (unpaired) electrons. The molecule has 0 bridgehead atoms. The number of aryl methyl sites for hydroxylation is 1. The lowest BCUT2D eigenvalue weighted by molar-refractivity contribution is -0.160. The molecule has 2 aliphatic rings. The number of cyclic esters (lactones) is 1. The molecule has 0 aromatic heterocycles. The minimum Gasteiger partial charge on any atom is -0.462 e. The molecule has 1 N–H and O–H groups in total. The van der Waals surface area contributed by atoms with E-state index in [0.717, 1.165) is 77.5 Å². The maximum absolute atomic E-state index is 12.0. The Labute approximate surface area is 238 Å². The Morgan fingerprint density at radius 2 is 1.74 bits per heavy atom. The van der Waals surface area contributed by atoms with Gasteiger partial charge in [0.15, 0.2) is 0 Å². The normalized spacial score (nSPS) is 25.1. The number of nitrogens with zero attached hydrogens (tertiary/aromatic N) is 1. The van der Waals surface area contributed by atoms with Crippen molar-refractivity contribution in [3.63, 3.8) is 0 Å². The van der Waals surface area contributed by atoms with Crippen LogP contribution in [0.2, 0.25) is 0 Å². The van der Waals surface area contributed by atoms with Gasteiger partial charge in [0, 0.05) is 38.2 Å². The van der Waals surface area contributed by atoms with Gasteiger partial charge in [-0.3, -0.25) is 4.79 Å². The van der Waals surface area contributed by atoms with Crippen LogP contribution in [0.1, 0.15) is 124 Å². The molecule has 5 nitrogen and oxygen atoms in total. The van der Waals surface area contributed by atoms with Gasteiger partial charge in [0.1, 0.15) is 6.10 Å². The van der Waals surface area contributed by atoms with Crippen LogP contribution in [0.3, 0.4) is 0 Å². The predicted octanol–water partition coefficient (Wildman–Crippen LogP) is 7.87. The molecule has 220 valence electrons. The van der Waals surface area contributed by atoms with Gasteiger partial charge in [0.2, 0.25) is 0 Å². The molecular formula is C34H55NO4. The van der Waals surface area contributed by atoms with E-state index in [4.69, 9.17) is 9.47 Å². The van der Waals surface area contributed by atoms with E-state index in [2.05, 4.69) is 71.6 Å². The van der Waals surface area contributed by atoms with Crippen LogP contribution >= 0.6 is 0 Å². The highest BCUT2D eigenvalue weighted by atomic mass is 16.5. The van der Waals surface area contributed by atoms with Crippen molar-refractivity contribution in [3.8, 4) is 0 Å². The summed E-state index contributed by atoms with van der Waals surface area (Å²) in [5.74, 6) is -0.278. The topological polar surface area (TPSA) is 59.0 Å². The van der Waals surface area contributed by atoms with E-state index in [-0.39, 0.29) is 29.5 Å². The number of hydrogen-bond donors (Lipinski definition) is 1. The SMILES string of the molecule is CCCOC1(C)CC(c2ccc(N(CCC)CCC)c(CCC)c2)=C(CCC2CC(O)CC(=O)O2)C(C)(C)C1. The summed E-state index contributed by atoms with van der Waals surface area (Å²) in [7, 11) is 0. The lowest BCUT2D eigenvalue weighted by Gasteiger charge is -2.46. The average molecular weight is 542 g/mol. The minimum absolute atomic E-state index is 0.0482. The van der Waals surface area contributed by atoms with Gasteiger partial charge in [-0.2, -0.15) is 0 Å². The number of aliphatic hydroxyl groups is 1. The van der Waals surface area contributed by atoms with Crippen molar-refractivity contribution in [2.45, 2.75) is 137 Å². The van der Waals surface area contributed by atoms with Crippen molar-refractivity contribution >= 4 is 17.2 Å². The molecule has 1 fully saturated rings. The summed E-state index contributed by atoms with van der Waals surface area (Å²) in [6, 6.07) is 7.16. The van der Waals surface area contributed by atoms with Crippen molar-refractivity contribution in [1.29, 1.82) is 0 Å². The molecule has 1 aromatic carbocycles. The summed E-state index contributed by atoms with van der Waals surface area (Å²) < 4.78 is 12.2. The minimum atomic E-state index is -0.590. The molecule has 1 aliphatic heterocycles. The average Bonchev–Trinajstić information content (AvgIpc) is 2.86. The molecule has 5 heteroatoms. The standard InChI is InChI=1S/C34H55NO4/c1-8-12-26-20-25(13-16-31(26)35(17-9-2)18-10-3)29-23-34(7,38-19-11-4)24-33(5,6)30(29)15-14-28-21-27(36)22-32(37)39-28/h13,16,20,27-28,36H,8-12,14-15,17-19,21-24H2,1-7H3. The number of hydrogen-bond acceptors (Lipinski definition) is 5. The first-order chi connectivity index (χ1) is 18.6. The Hall–Kier alpha value is -1.85. The third kappa shape index (κ3) is 8.33. The van der Waals surface area contributed by atoms with Gasteiger partial charge >= 0.3 is 5.97 Å². The third-order valence-electron chi connectivity index (χ3n) is 8.43. The molecule has 1 aliphatic carbocycles. The number of ether oxygens (including phenoxy) is 2. The maximum atomic E-state index is 12.0. The Balaban J connectivity index is 2.05. The van der Waals surface area contributed by atoms with Crippen LogP contribution in [0.15, 0.2) is 23.8 Å². The second-order valence-electron chi connectivity index (χ2n) is 12.8. The van der Waals surface area contributed by atoms with E-state index in [0.29, 0.717) is 6.42 Å². The summed E-state index contributed by atoms with van der Waals surface area (Å²) in [5, 5.41) is 10.2. The number of aliphatic hydroxyl groups excluding tert-OH is 1.